The highest BCUT2D eigenvalue weighted by atomic mass is 16.5. The van der Waals surface area contributed by atoms with Crippen molar-refractivity contribution in [3.63, 3.8) is 0 Å². The van der Waals surface area contributed by atoms with Crippen LogP contribution in [-0.4, -0.2) is 31.4 Å². The fourth-order valence-corrected chi connectivity index (χ4v) is 3.19. The largest absolute Gasteiger partial charge is 0.468 e. The fourth-order valence-electron chi connectivity index (χ4n) is 3.19. The molecule has 0 aromatic heterocycles. The average molecular weight is 366 g/mol. The van der Waals surface area contributed by atoms with Gasteiger partial charge in [0.25, 0.3) is 5.91 Å². The van der Waals surface area contributed by atoms with Crippen molar-refractivity contribution in [1.82, 2.24) is 5.32 Å². The van der Waals surface area contributed by atoms with E-state index in [1.54, 1.807) is 24.3 Å². The van der Waals surface area contributed by atoms with Gasteiger partial charge in [0.15, 0.2) is 0 Å². The lowest BCUT2D eigenvalue weighted by Gasteiger charge is -2.09. The molecule has 0 fully saturated rings. The predicted octanol–water partition coefficient (Wildman–Crippen LogP) is 2.26. The number of methoxy groups -OCH3 is 1. The maximum Gasteiger partial charge on any atom is 0.325 e. The molecule has 2 N–H and O–H groups in total. The van der Waals surface area contributed by atoms with Gasteiger partial charge < -0.3 is 15.4 Å². The van der Waals surface area contributed by atoms with E-state index in [9.17, 15) is 14.4 Å². The number of hydrogen-bond donors (Lipinski definition) is 2. The van der Waals surface area contributed by atoms with E-state index in [1.165, 1.54) is 24.7 Å². The third-order valence-electron chi connectivity index (χ3n) is 4.56. The van der Waals surface area contributed by atoms with Gasteiger partial charge in [-0.2, -0.15) is 0 Å². The predicted molar refractivity (Wildman–Crippen MR) is 102 cm³/mol. The van der Waals surface area contributed by atoms with E-state index in [-0.39, 0.29) is 18.9 Å². The second-order valence-corrected chi connectivity index (χ2v) is 6.52. The molecule has 0 unspecified atom stereocenters. The molecule has 0 radical (unpaired) electrons. The third kappa shape index (κ3) is 4.94. The normalized spacial score (nSPS) is 12.2. The van der Waals surface area contributed by atoms with Crippen molar-refractivity contribution in [2.75, 3.05) is 19.0 Å². The molecule has 6 heteroatoms. The van der Waals surface area contributed by atoms with E-state index in [0.29, 0.717) is 11.3 Å². The highest BCUT2D eigenvalue weighted by Gasteiger charge is 2.13. The molecule has 1 aliphatic carbocycles. The molecule has 2 aromatic carbocycles. The SMILES string of the molecule is COC(=O)CNC(=O)c1cccc(NC(=O)Cc2ccc3c(c2)CCC3)c1. The van der Waals surface area contributed by atoms with Gasteiger partial charge in [-0.15, -0.1) is 0 Å². The smallest absolute Gasteiger partial charge is 0.325 e. The van der Waals surface area contributed by atoms with Crippen molar-refractivity contribution in [2.45, 2.75) is 25.7 Å². The van der Waals surface area contributed by atoms with Crippen LogP contribution in [0.15, 0.2) is 42.5 Å². The average Bonchev–Trinajstić information content (AvgIpc) is 3.13. The van der Waals surface area contributed by atoms with E-state index in [1.807, 2.05) is 6.07 Å². The van der Waals surface area contributed by atoms with E-state index >= 15 is 0 Å². The number of nitrogens with one attached hydrogen (secondary N) is 2. The topological polar surface area (TPSA) is 84.5 Å². The van der Waals surface area contributed by atoms with Gasteiger partial charge in [-0.25, -0.2) is 0 Å². The zero-order chi connectivity index (χ0) is 19.2. The van der Waals surface area contributed by atoms with Crippen LogP contribution in [0.1, 0.15) is 33.5 Å². The highest BCUT2D eigenvalue weighted by molar-refractivity contribution is 5.98. The first-order valence-corrected chi connectivity index (χ1v) is 8.91. The Hall–Kier alpha value is -3.15. The number of esters is 1. The van der Waals surface area contributed by atoms with Gasteiger partial charge in [0.1, 0.15) is 6.54 Å². The van der Waals surface area contributed by atoms with Gasteiger partial charge in [0.2, 0.25) is 5.91 Å². The molecule has 0 spiro atoms. The van der Waals surface area contributed by atoms with Crippen LogP contribution in [0, 0.1) is 0 Å². The summed E-state index contributed by atoms with van der Waals surface area (Å²) in [5.74, 6) is -1.07. The number of benzene rings is 2. The Morgan fingerprint density at radius 3 is 2.67 bits per heavy atom. The Bertz CT molecular complexity index is 876. The summed E-state index contributed by atoms with van der Waals surface area (Å²) in [6.45, 7) is -0.204. The van der Waals surface area contributed by atoms with Crippen molar-refractivity contribution in [2.24, 2.45) is 0 Å². The molecule has 6 nitrogen and oxygen atoms in total. The molecule has 0 saturated carbocycles. The van der Waals surface area contributed by atoms with Gasteiger partial charge in [0, 0.05) is 11.3 Å². The Balaban J connectivity index is 1.59. The maximum atomic E-state index is 12.3. The Morgan fingerprint density at radius 1 is 1.04 bits per heavy atom. The van der Waals surface area contributed by atoms with Gasteiger partial charge in [0.05, 0.1) is 13.5 Å². The highest BCUT2D eigenvalue weighted by Crippen LogP contribution is 2.23. The first kappa shape index (κ1) is 18.6. The summed E-state index contributed by atoms with van der Waals surface area (Å²) in [6, 6.07) is 12.8. The Morgan fingerprint density at radius 2 is 1.85 bits per heavy atom. The van der Waals surface area contributed by atoms with Crippen LogP contribution in [0.5, 0.6) is 0 Å². The number of carbonyl (C=O) groups is 3. The Kier molecular flexibility index (Phi) is 5.86. The molecule has 140 valence electrons. The van der Waals surface area contributed by atoms with Crippen LogP contribution in [0.4, 0.5) is 5.69 Å². The number of anilines is 1. The molecule has 0 bridgehead atoms. The van der Waals surface area contributed by atoms with Crippen LogP contribution < -0.4 is 10.6 Å². The third-order valence-corrected chi connectivity index (χ3v) is 4.56. The van der Waals surface area contributed by atoms with Crippen LogP contribution in [0.2, 0.25) is 0 Å². The zero-order valence-corrected chi connectivity index (χ0v) is 15.2. The molecule has 2 aromatic rings. The van der Waals surface area contributed by atoms with E-state index in [4.69, 9.17) is 0 Å². The molecule has 3 rings (SSSR count). The summed E-state index contributed by atoms with van der Waals surface area (Å²) in [6.07, 6.45) is 3.65. The monoisotopic (exact) mass is 366 g/mol. The quantitative estimate of drug-likeness (QED) is 0.768. The van der Waals surface area contributed by atoms with Gasteiger partial charge >= 0.3 is 5.97 Å². The second-order valence-electron chi connectivity index (χ2n) is 6.52. The van der Waals surface area contributed by atoms with Gasteiger partial charge in [-0.3, -0.25) is 14.4 Å². The van der Waals surface area contributed by atoms with Crippen molar-refractivity contribution in [1.29, 1.82) is 0 Å². The summed E-state index contributed by atoms with van der Waals surface area (Å²) < 4.78 is 4.49. The van der Waals surface area contributed by atoms with E-state index < -0.39 is 11.9 Å². The lowest BCUT2D eigenvalue weighted by molar-refractivity contribution is -0.139. The summed E-state index contributed by atoms with van der Waals surface area (Å²) in [4.78, 5) is 35.5. The number of carbonyl (C=O) groups excluding carboxylic acids is 3. The van der Waals surface area contributed by atoms with Gasteiger partial charge in [-0.05, 0) is 54.2 Å². The molecule has 1 aliphatic rings. The Labute approximate surface area is 157 Å². The van der Waals surface area contributed by atoms with Crippen LogP contribution >= 0.6 is 0 Å². The summed E-state index contributed by atoms with van der Waals surface area (Å²) in [5, 5.41) is 5.29. The lowest BCUT2D eigenvalue weighted by Crippen LogP contribution is -2.30. The zero-order valence-electron chi connectivity index (χ0n) is 15.2. The van der Waals surface area contributed by atoms with Crippen LogP contribution in [0.3, 0.4) is 0 Å². The molecular weight excluding hydrogens is 344 g/mol. The molecule has 0 aliphatic heterocycles. The minimum atomic E-state index is -0.526. The van der Waals surface area contributed by atoms with Crippen molar-refractivity contribution in [3.8, 4) is 0 Å². The van der Waals surface area contributed by atoms with Crippen molar-refractivity contribution < 1.29 is 19.1 Å². The van der Waals surface area contributed by atoms with Crippen LogP contribution in [0.25, 0.3) is 0 Å². The molecule has 0 saturated heterocycles. The molecule has 2 amide bonds. The lowest BCUT2D eigenvalue weighted by atomic mass is 10.0. The number of amides is 2. The standard InChI is InChI=1S/C21H22N2O4/c1-27-20(25)13-22-21(26)17-6-3-7-18(12-17)23-19(24)11-14-8-9-15-4-2-5-16(15)10-14/h3,6-10,12H,2,4-5,11,13H2,1H3,(H,22,26)(H,23,24). The van der Waals surface area contributed by atoms with Crippen molar-refractivity contribution >= 4 is 23.5 Å². The first-order chi connectivity index (χ1) is 13.0. The number of hydrogen-bond acceptors (Lipinski definition) is 4. The van der Waals surface area contributed by atoms with E-state index in [2.05, 4.69) is 27.5 Å². The van der Waals surface area contributed by atoms with Crippen molar-refractivity contribution in [3.05, 3.63) is 64.7 Å². The summed E-state index contributed by atoms with van der Waals surface area (Å²) in [5.41, 5.74) is 4.59. The van der Waals surface area contributed by atoms with Gasteiger partial charge in [-0.1, -0.05) is 24.3 Å². The molecule has 0 heterocycles. The first-order valence-electron chi connectivity index (χ1n) is 8.91. The molecule has 0 atom stereocenters. The summed E-state index contributed by atoms with van der Waals surface area (Å²) in [7, 11) is 1.26. The molecular formula is C21H22N2O4. The minimum Gasteiger partial charge on any atom is -0.468 e. The maximum absolute atomic E-state index is 12.3. The number of fused-ring (bicyclic) bond motifs is 1. The van der Waals surface area contributed by atoms with E-state index in [0.717, 1.165) is 18.4 Å². The molecule has 27 heavy (non-hydrogen) atoms. The number of rotatable bonds is 6. The number of ether oxygens (including phenoxy) is 1. The second kappa shape index (κ2) is 8.49. The minimum absolute atomic E-state index is 0.139. The number of aryl methyl sites for hydroxylation is 2. The summed E-state index contributed by atoms with van der Waals surface area (Å²) >= 11 is 0. The fraction of sp³-hybridized carbons (Fsp3) is 0.286. The van der Waals surface area contributed by atoms with Crippen LogP contribution in [-0.2, 0) is 33.6 Å².